The fraction of sp³-hybridized carbons (Fsp3) is 0.647. The van der Waals surface area contributed by atoms with E-state index in [1.165, 1.54) is 18.7 Å². The van der Waals surface area contributed by atoms with E-state index >= 15 is 0 Å². The second kappa shape index (κ2) is 6.84. The van der Waals surface area contributed by atoms with Gasteiger partial charge in [-0.2, -0.15) is 0 Å². The summed E-state index contributed by atoms with van der Waals surface area (Å²) in [5, 5.41) is 12.3. The quantitative estimate of drug-likeness (QED) is 0.923. The molecular formula is C17H25N7. The Morgan fingerprint density at radius 2 is 2.00 bits per heavy atom. The molecule has 4 rings (SSSR count). The van der Waals surface area contributed by atoms with Crippen molar-refractivity contribution in [1.82, 2.24) is 29.6 Å². The zero-order valence-corrected chi connectivity index (χ0v) is 14.3. The molecule has 24 heavy (non-hydrogen) atoms. The third kappa shape index (κ3) is 3.40. The minimum Gasteiger partial charge on any atom is -0.367 e. The number of anilines is 1. The van der Waals surface area contributed by atoms with E-state index in [1.54, 1.807) is 6.33 Å². The summed E-state index contributed by atoms with van der Waals surface area (Å²) >= 11 is 0. The van der Waals surface area contributed by atoms with Crippen molar-refractivity contribution in [2.45, 2.75) is 58.2 Å². The van der Waals surface area contributed by atoms with Gasteiger partial charge >= 0.3 is 0 Å². The second-order valence-electron chi connectivity index (χ2n) is 6.88. The van der Waals surface area contributed by atoms with Gasteiger partial charge in [-0.15, -0.1) is 10.2 Å². The lowest BCUT2D eigenvalue weighted by atomic mass is 10.0. The molecule has 1 fully saturated rings. The lowest BCUT2D eigenvalue weighted by Gasteiger charge is -2.32. The predicted octanol–water partition coefficient (Wildman–Crippen LogP) is 1.79. The third-order valence-electron chi connectivity index (χ3n) is 5.04. The van der Waals surface area contributed by atoms with Gasteiger partial charge in [-0.1, -0.05) is 0 Å². The third-order valence-corrected chi connectivity index (χ3v) is 5.04. The number of aromatic nitrogens is 5. The summed E-state index contributed by atoms with van der Waals surface area (Å²) in [5.41, 5.74) is 1.00. The summed E-state index contributed by atoms with van der Waals surface area (Å²) in [4.78, 5) is 10.9. The van der Waals surface area contributed by atoms with Gasteiger partial charge < -0.3 is 9.88 Å². The van der Waals surface area contributed by atoms with E-state index < -0.39 is 0 Å². The van der Waals surface area contributed by atoms with Gasteiger partial charge in [-0.05, 0) is 32.6 Å². The Hall–Kier alpha value is -2.02. The van der Waals surface area contributed by atoms with Gasteiger partial charge in [0, 0.05) is 43.9 Å². The highest BCUT2D eigenvalue weighted by atomic mass is 15.3. The van der Waals surface area contributed by atoms with Crippen LogP contribution in [0.25, 0.3) is 0 Å². The van der Waals surface area contributed by atoms with Crippen molar-refractivity contribution in [1.29, 1.82) is 0 Å². The van der Waals surface area contributed by atoms with E-state index in [0.29, 0.717) is 6.04 Å². The molecule has 0 aromatic carbocycles. The molecule has 2 aromatic heterocycles. The van der Waals surface area contributed by atoms with Gasteiger partial charge in [0.15, 0.2) is 0 Å². The lowest BCUT2D eigenvalue weighted by Crippen LogP contribution is -2.39. The Balaban J connectivity index is 1.31. The average molecular weight is 327 g/mol. The van der Waals surface area contributed by atoms with Crippen LogP contribution in [0.5, 0.6) is 0 Å². The maximum atomic E-state index is 4.43. The number of aryl methyl sites for hydroxylation is 2. The lowest BCUT2D eigenvalue weighted by molar-refractivity contribution is 0.203. The van der Waals surface area contributed by atoms with E-state index in [0.717, 1.165) is 62.8 Å². The highest BCUT2D eigenvalue weighted by molar-refractivity contribution is 5.35. The van der Waals surface area contributed by atoms with Gasteiger partial charge in [0.2, 0.25) is 0 Å². The highest BCUT2D eigenvalue weighted by Gasteiger charge is 2.22. The number of nitrogens with one attached hydrogen (secondary N) is 1. The Labute approximate surface area is 142 Å². The van der Waals surface area contributed by atoms with Crippen LogP contribution < -0.4 is 5.32 Å². The molecule has 0 unspecified atom stereocenters. The maximum absolute atomic E-state index is 4.43. The van der Waals surface area contributed by atoms with Crippen LogP contribution in [0.4, 0.5) is 5.82 Å². The number of fused-ring (bicyclic) bond motifs is 1. The van der Waals surface area contributed by atoms with Crippen LogP contribution in [-0.2, 0) is 19.5 Å². The normalized spacial score (nSPS) is 19.2. The summed E-state index contributed by atoms with van der Waals surface area (Å²) in [6.45, 7) is 6.18. The molecule has 7 nitrogen and oxygen atoms in total. The summed E-state index contributed by atoms with van der Waals surface area (Å²) in [6.07, 6.45) is 7.47. The zero-order valence-electron chi connectivity index (χ0n) is 14.3. The first-order valence-electron chi connectivity index (χ1n) is 8.96. The Morgan fingerprint density at radius 3 is 2.83 bits per heavy atom. The SMILES string of the molecule is Cc1cc(NC2CCN(Cc3nnc4n3CCCC4)CC2)ncn1. The second-order valence-corrected chi connectivity index (χ2v) is 6.88. The van der Waals surface area contributed by atoms with Gasteiger partial charge in [0.05, 0.1) is 6.54 Å². The molecule has 2 aliphatic rings. The van der Waals surface area contributed by atoms with E-state index in [1.807, 2.05) is 13.0 Å². The number of hydrogen-bond acceptors (Lipinski definition) is 6. The molecule has 0 radical (unpaired) electrons. The average Bonchev–Trinajstić information content (AvgIpc) is 3.00. The molecule has 0 amide bonds. The van der Waals surface area contributed by atoms with Crippen molar-refractivity contribution in [3.63, 3.8) is 0 Å². The van der Waals surface area contributed by atoms with Crippen molar-refractivity contribution in [2.75, 3.05) is 18.4 Å². The number of piperidine rings is 1. The predicted molar refractivity (Wildman–Crippen MR) is 91.7 cm³/mol. The number of nitrogens with zero attached hydrogens (tertiary/aromatic N) is 6. The van der Waals surface area contributed by atoms with Gasteiger partial charge in [-0.25, -0.2) is 9.97 Å². The Bertz CT molecular complexity index is 688. The molecule has 0 atom stereocenters. The molecule has 2 aliphatic heterocycles. The summed E-state index contributed by atoms with van der Waals surface area (Å²) < 4.78 is 2.33. The van der Waals surface area contributed by atoms with Gasteiger partial charge in [0.25, 0.3) is 0 Å². The van der Waals surface area contributed by atoms with Crippen molar-refractivity contribution in [2.24, 2.45) is 0 Å². The van der Waals surface area contributed by atoms with Crippen LogP contribution in [-0.4, -0.2) is 48.8 Å². The van der Waals surface area contributed by atoms with Crippen molar-refractivity contribution in [3.05, 3.63) is 29.7 Å². The Kier molecular flexibility index (Phi) is 4.42. The van der Waals surface area contributed by atoms with Crippen LogP contribution in [0, 0.1) is 6.92 Å². The summed E-state index contributed by atoms with van der Waals surface area (Å²) in [5.74, 6) is 3.25. The fourth-order valence-corrected chi connectivity index (χ4v) is 3.66. The molecule has 2 aromatic rings. The Morgan fingerprint density at radius 1 is 1.12 bits per heavy atom. The summed E-state index contributed by atoms with van der Waals surface area (Å²) in [6, 6.07) is 2.50. The van der Waals surface area contributed by atoms with Crippen LogP contribution in [0.3, 0.4) is 0 Å². The van der Waals surface area contributed by atoms with E-state index in [9.17, 15) is 0 Å². The minimum atomic E-state index is 0.489. The molecule has 0 spiro atoms. The monoisotopic (exact) mass is 327 g/mol. The number of rotatable bonds is 4. The first kappa shape index (κ1) is 15.5. The van der Waals surface area contributed by atoms with E-state index in [4.69, 9.17) is 0 Å². The van der Waals surface area contributed by atoms with Crippen LogP contribution >= 0.6 is 0 Å². The standard InChI is InChI=1S/C17H25N7/c1-13-10-15(19-12-18-13)20-14-5-8-23(9-6-14)11-17-22-21-16-4-2-3-7-24(16)17/h10,12,14H,2-9,11H2,1H3,(H,18,19,20). The molecule has 128 valence electrons. The van der Waals surface area contributed by atoms with Gasteiger partial charge in [-0.3, -0.25) is 4.90 Å². The molecule has 7 heteroatoms. The molecule has 1 saturated heterocycles. The van der Waals surface area contributed by atoms with Gasteiger partial charge in [0.1, 0.15) is 23.8 Å². The van der Waals surface area contributed by atoms with Crippen LogP contribution in [0.2, 0.25) is 0 Å². The highest BCUT2D eigenvalue weighted by Crippen LogP contribution is 2.19. The molecule has 0 aliphatic carbocycles. The molecular weight excluding hydrogens is 302 g/mol. The van der Waals surface area contributed by atoms with Crippen molar-refractivity contribution >= 4 is 5.82 Å². The zero-order chi connectivity index (χ0) is 16.4. The minimum absolute atomic E-state index is 0.489. The molecule has 0 saturated carbocycles. The van der Waals surface area contributed by atoms with Crippen molar-refractivity contribution < 1.29 is 0 Å². The first-order chi connectivity index (χ1) is 11.8. The number of hydrogen-bond donors (Lipinski definition) is 1. The maximum Gasteiger partial charge on any atom is 0.147 e. The van der Waals surface area contributed by atoms with E-state index in [2.05, 4.69) is 34.9 Å². The molecule has 0 bridgehead atoms. The molecule has 1 N–H and O–H groups in total. The van der Waals surface area contributed by atoms with Crippen molar-refractivity contribution in [3.8, 4) is 0 Å². The van der Waals surface area contributed by atoms with Crippen LogP contribution in [0.1, 0.15) is 43.0 Å². The first-order valence-corrected chi connectivity index (χ1v) is 8.96. The van der Waals surface area contributed by atoms with Crippen LogP contribution in [0.15, 0.2) is 12.4 Å². The van der Waals surface area contributed by atoms with E-state index in [-0.39, 0.29) is 0 Å². The topological polar surface area (TPSA) is 71.8 Å². The molecule has 4 heterocycles. The number of likely N-dealkylation sites (tertiary alicyclic amines) is 1. The smallest absolute Gasteiger partial charge is 0.147 e. The summed E-state index contributed by atoms with van der Waals surface area (Å²) in [7, 11) is 0. The largest absolute Gasteiger partial charge is 0.367 e. The fourth-order valence-electron chi connectivity index (χ4n) is 3.66.